The minimum absolute atomic E-state index is 0.00999. The molecule has 2 heterocycles. The molecule has 4 aromatic rings. The third-order valence-corrected chi connectivity index (χ3v) is 5.00. The van der Waals surface area contributed by atoms with Gasteiger partial charge in [-0.15, -0.1) is 0 Å². The second kappa shape index (κ2) is 7.99. The summed E-state index contributed by atoms with van der Waals surface area (Å²) >= 11 is 0. The van der Waals surface area contributed by atoms with Gasteiger partial charge in [-0.2, -0.15) is 0 Å². The molecule has 0 spiro atoms. The van der Waals surface area contributed by atoms with Gasteiger partial charge in [0.15, 0.2) is 29.6 Å². The number of hydrogen-bond acceptors (Lipinski definition) is 6. The Bertz CT molecular complexity index is 1320. The van der Waals surface area contributed by atoms with Gasteiger partial charge < -0.3 is 18.6 Å². The number of hydrogen-bond donors (Lipinski definition) is 0. The highest BCUT2D eigenvalue weighted by Crippen LogP contribution is 2.32. The third kappa shape index (κ3) is 3.64. The summed E-state index contributed by atoms with van der Waals surface area (Å²) in [6.45, 7) is 0.589. The van der Waals surface area contributed by atoms with Crippen LogP contribution in [0.1, 0.15) is 10.4 Å². The number of benzene rings is 3. The summed E-state index contributed by atoms with van der Waals surface area (Å²) in [5, 5.41) is 0.393. The highest BCUT2D eigenvalue weighted by molar-refractivity contribution is 5.98. The fraction of sp³-hybridized carbons (Fsp3) is 0.120. The van der Waals surface area contributed by atoms with Crippen LogP contribution in [0.25, 0.3) is 22.3 Å². The Labute approximate surface area is 177 Å². The third-order valence-electron chi connectivity index (χ3n) is 5.00. The van der Waals surface area contributed by atoms with E-state index in [0.29, 0.717) is 52.6 Å². The SMILES string of the molecule is O=C(COc1c(-c2ccccc2)oc2ccccc2c1=O)c1ccc2c(c1)OCCO2. The Morgan fingerprint density at radius 2 is 1.61 bits per heavy atom. The predicted octanol–water partition coefficient (Wildman–Crippen LogP) is 4.49. The molecule has 6 heteroatoms. The van der Waals surface area contributed by atoms with Crippen LogP contribution in [-0.4, -0.2) is 25.6 Å². The van der Waals surface area contributed by atoms with Crippen LogP contribution < -0.4 is 19.6 Å². The molecule has 0 amide bonds. The fourth-order valence-corrected chi connectivity index (χ4v) is 3.47. The van der Waals surface area contributed by atoms with Crippen molar-refractivity contribution in [2.75, 3.05) is 19.8 Å². The van der Waals surface area contributed by atoms with Gasteiger partial charge in [-0.05, 0) is 30.3 Å². The molecule has 0 N–H and O–H groups in total. The van der Waals surface area contributed by atoms with Gasteiger partial charge in [0.25, 0.3) is 0 Å². The van der Waals surface area contributed by atoms with Crippen molar-refractivity contribution in [1.29, 1.82) is 0 Å². The van der Waals surface area contributed by atoms with Crippen LogP contribution in [0.4, 0.5) is 0 Å². The number of carbonyl (C=O) groups excluding carboxylic acids is 1. The molecule has 3 aromatic carbocycles. The van der Waals surface area contributed by atoms with E-state index in [4.69, 9.17) is 18.6 Å². The maximum Gasteiger partial charge on any atom is 0.235 e. The summed E-state index contributed by atoms with van der Waals surface area (Å²) in [6, 6.07) is 21.1. The van der Waals surface area contributed by atoms with Crippen LogP contribution in [-0.2, 0) is 0 Å². The Hall–Kier alpha value is -4.06. The molecule has 0 unspecified atom stereocenters. The lowest BCUT2D eigenvalue weighted by molar-refractivity contribution is 0.0919. The molecule has 31 heavy (non-hydrogen) atoms. The lowest BCUT2D eigenvalue weighted by Gasteiger charge is -2.18. The molecule has 0 fully saturated rings. The second-order valence-electron chi connectivity index (χ2n) is 7.02. The van der Waals surface area contributed by atoms with Crippen molar-refractivity contribution in [1.82, 2.24) is 0 Å². The minimum Gasteiger partial charge on any atom is -0.486 e. The highest BCUT2D eigenvalue weighted by Gasteiger charge is 2.20. The summed E-state index contributed by atoms with van der Waals surface area (Å²) in [7, 11) is 0. The summed E-state index contributed by atoms with van der Waals surface area (Å²) in [5.74, 6) is 1.14. The quantitative estimate of drug-likeness (QED) is 0.448. The first-order chi connectivity index (χ1) is 15.2. The molecule has 0 radical (unpaired) electrons. The number of carbonyl (C=O) groups is 1. The van der Waals surface area contributed by atoms with E-state index in [1.165, 1.54) is 0 Å². The molecule has 0 saturated heterocycles. The van der Waals surface area contributed by atoms with Crippen LogP contribution in [0.3, 0.4) is 0 Å². The van der Waals surface area contributed by atoms with Crippen molar-refractivity contribution in [2.45, 2.75) is 0 Å². The maximum atomic E-state index is 13.1. The van der Waals surface area contributed by atoms with Gasteiger partial charge in [-0.3, -0.25) is 9.59 Å². The van der Waals surface area contributed by atoms with Crippen molar-refractivity contribution in [2.24, 2.45) is 0 Å². The summed E-state index contributed by atoms with van der Waals surface area (Å²) in [5.41, 5.74) is 1.23. The first-order valence-electron chi connectivity index (χ1n) is 9.87. The van der Waals surface area contributed by atoms with Crippen LogP contribution in [0.5, 0.6) is 17.2 Å². The number of ether oxygens (including phenoxy) is 3. The molecule has 0 bridgehead atoms. The molecule has 0 atom stereocenters. The molecular weight excluding hydrogens is 396 g/mol. The molecule has 1 aliphatic rings. The van der Waals surface area contributed by atoms with Crippen molar-refractivity contribution in [3.05, 3.63) is 88.6 Å². The Balaban J connectivity index is 1.49. The first-order valence-corrected chi connectivity index (χ1v) is 9.87. The van der Waals surface area contributed by atoms with Crippen LogP contribution in [0.2, 0.25) is 0 Å². The molecule has 0 saturated carbocycles. The van der Waals surface area contributed by atoms with E-state index in [2.05, 4.69) is 0 Å². The lowest BCUT2D eigenvalue weighted by Crippen LogP contribution is -2.18. The van der Waals surface area contributed by atoms with Gasteiger partial charge in [0.2, 0.25) is 11.2 Å². The van der Waals surface area contributed by atoms with Crippen LogP contribution in [0, 0.1) is 0 Å². The molecule has 6 nitrogen and oxygen atoms in total. The standard InChI is InChI=1S/C25H18O6/c26-19(17-10-11-21-22(14-17)29-13-12-28-21)15-30-25-23(27)18-8-4-5-9-20(18)31-24(25)16-6-2-1-3-7-16/h1-11,14H,12-13,15H2. The summed E-state index contributed by atoms with van der Waals surface area (Å²) < 4.78 is 22.8. The molecule has 5 rings (SSSR count). The number of Topliss-reactive ketones (excluding diaryl/α,β-unsaturated/α-hetero) is 1. The number of rotatable bonds is 5. The maximum absolute atomic E-state index is 13.1. The Morgan fingerprint density at radius 1 is 0.871 bits per heavy atom. The number of ketones is 1. The number of para-hydroxylation sites is 1. The van der Waals surface area contributed by atoms with Crippen molar-refractivity contribution in [3.8, 4) is 28.6 Å². The van der Waals surface area contributed by atoms with Gasteiger partial charge in [-0.1, -0.05) is 42.5 Å². The van der Waals surface area contributed by atoms with E-state index in [1.807, 2.05) is 30.3 Å². The lowest BCUT2D eigenvalue weighted by atomic mass is 10.1. The van der Waals surface area contributed by atoms with Gasteiger partial charge in [0, 0.05) is 11.1 Å². The Kier molecular flexibility index (Phi) is 4.88. The summed E-state index contributed by atoms with van der Waals surface area (Å²) in [4.78, 5) is 25.9. The molecule has 154 valence electrons. The average molecular weight is 414 g/mol. The van der Waals surface area contributed by atoms with E-state index in [-0.39, 0.29) is 23.6 Å². The van der Waals surface area contributed by atoms with Crippen molar-refractivity contribution >= 4 is 16.8 Å². The zero-order valence-electron chi connectivity index (χ0n) is 16.5. The molecule has 0 aliphatic carbocycles. The highest BCUT2D eigenvalue weighted by atomic mass is 16.6. The zero-order valence-corrected chi connectivity index (χ0v) is 16.5. The monoisotopic (exact) mass is 414 g/mol. The normalized spacial score (nSPS) is 12.5. The number of fused-ring (bicyclic) bond motifs is 2. The van der Waals surface area contributed by atoms with Crippen molar-refractivity contribution in [3.63, 3.8) is 0 Å². The average Bonchev–Trinajstić information content (AvgIpc) is 2.83. The van der Waals surface area contributed by atoms with Crippen LogP contribution in [0.15, 0.2) is 82.0 Å². The molecule has 1 aromatic heterocycles. The fourth-order valence-electron chi connectivity index (χ4n) is 3.47. The van der Waals surface area contributed by atoms with Gasteiger partial charge in [-0.25, -0.2) is 0 Å². The first kappa shape index (κ1) is 18.9. The van der Waals surface area contributed by atoms with Gasteiger partial charge >= 0.3 is 0 Å². The van der Waals surface area contributed by atoms with E-state index in [9.17, 15) is 9.59 Å². The largest absolute Gasteiger partial charge is 0.486 e. The zero-order chi connectivity index (χ0) is 21.2. The van der Waals surface area contributed by atoms with E-state index in [1.54, 1.807) is 42.5 Å². The summed E-state index contributed by atoms with van der Waals surface area (Å²) in [6.07, 6.45) is 0. The molecule has 1 aliphatic heterocycles. The van der Waals surface area contributed by atoms with Crippen LogP contribution >= 0.6 is 0 Å². The second-order valence-corrected chi connectivity index (χ2v) is 7.02. The van der Waals surface area contributed by atoms with E-state index >= 15 is 0 Å². The topological polar surface area (TPSA) is 75.0 Å². The van der Waals surface area contributed by atoms with E-state index < -0.39 is 0 Å². The van der Waals surface area contributed by atoms with E-state index in [0.717, 1.165) is 0 Å². The molecular formula is C25H18O6. The van der Waals surface area contributed by atoms with Gasteiger partial charge in [0.1, 0.15) is 18.8 Å². The van der Waals surface area contributed by atoms with Gasteiger partial charge in [0.05, 0.1) is 5.39 Å². The van der Waals surface area contributed by atoms with Crippen molar-refractivity contribution < 1.29 is 23.4 Å². The minimum atomic E-state index is -0.323. The predicted molar refractivity (Wildman–Crippen MR) is 115 cm³/mol. The smallest absolute Gasteiger partial charge is 0.235 e. The Morgan fingerprint density at radius 3 is 2.45 bits per heavy atom.